The van der Waals surface area contributed by atoms with E-state index < -0.39 is 11.6 Å². The molecule has 1 fully saturated rings. The summed E-state index contributed by atoms with van der Waals surface area (Å²) in [7, 11) is 0. The van der Waals surface area contributed by atoms with Crippen molar-refractivity contribution < 1.29 is 24.5 Å². The van der Waals surface area contributed by atoms with Crippen LogP contribution in [-0.2, 0) is 28.8 Å². The number of carbonyl (C=O) groups excluding carboxylic acids is 1. The summed E-state index contributed by atoms with van der Waals surface area (Å²) in [5.74, 6) is 1.52. The first kappa shape index (κ1) is 27.9. The van der Waals surface area contributed by atoms with E-state index in [1.165, 1.54) is 0 Å². The molecule has 0 radical (unpaired) electrons. The maximum atomic E-state index is 13.5. The number of phenols is 1. The number of aromatic nitrogens is 4. The number of ether oxygens (including phenoxy) is 2. The van der Waals surface area contributed by atoms with Crippen molar-refractivity contribution in [2.24, 2.45) is 5.92 Å². The second-order valence-electron chi connectivity index (χ2n) is 11.3. The summed E-state index contributed by atoms with van der Waals surface area (Å²) in [4.78, 5) is 22.4. The summed E-state index contributed by atoms with van der Waals surface area (Å²) < 4.78 is 14.0. The highest BCUT2D eigenvalue weighted by atomic mass is 16.6. The Labute approximate surface area is 235 Å². The standard InChI is InChI=1S/C31H40N4O5/c1-5-13-39-27-17-25(36)21(6-2)15-22(27)11-12-31(23-9-7-8-10-23)18-26(37)24(29(38)40-31)16-28-33-30-32-19(3)14-20(4)35(30)34-28/h14-15,17,23,36-37H,5-13,16,18H2,1-4H3. The van der Waals surface area contributed by atoms with Crippen molar-refractivity contribution >= 4 is 11.7 Å². The van der Waals surface area contributed by atoms with Crippen LogP contribution in [-0.4, -0.2) is 48.0 Å². The van der Waals surface area contributed by atoms with Gasteiger partial charge in [-0.25, -0.2) is 14.3 Å². The Kier molecular flexibility index (Phi) is 8.01. The van der Waals surface area contributed by atoms with Crippen molar-refractivity contribution in [1.29, 1.82) is 0 Å². The van der Waals surface area contributed by atoms with Crippen LogP contribution in [0, 0.1) is 19.8 Å². The molecule has 1 atom stereocenters. The molecule has 3 aromatic rings. The molecule has 214 valence electrons. The summed E-state index contributed by atoms with van der Waals surface area (Å²) >= 11 is 0. The van der Waals surface area contributed by atoms with Gasteiger partial charge in [-0.15, -0.1) is 5.10 Å². The van der Waals surface area contributed by atoms with Crippen LogP contribution in [0.5, 0.6) is 11.5 Å². The van der Waals surface area contributed by atoms with Gasteiger partial charge in [-0.1, -0.05) is 26.7 Å². The first-order valence-electron chi connectivity index (χ1n) is 14.5. The molecule has 1 aromatic carbocycles. The molecule has 2 aliphatic rings. The molecule has 0 bridgehead atoms. The van der Waals surface area contributed by atoms with Crippen molar-refractivity contribution in [3.8, 4) is 11.5 Å². The van der Waals surface area contributed by atoms with Crippen LogP contribution in [0.2, 0.25) is 0 Å². The Hall–Kier alpha value is -3.62. The number of hydrogen-bond acceptors (Lipinski definition) is 8. The molecule has 9 nitrogen and oxygen atoms in total. The highest BCUT2D eigenvalue weighted by Gasteiger charge is 2.48. The van der Waals surface area contributed by atoms with Gasteiger partial charge in [-0.05, 0) is 81.5 Å². The number of aliphatic hydroxyl groups is 1. The van der Waals surface area contributed by atoms with E-state index in [1.54, 1.807) is 10.6 Å². The molecule has 5 rings (SSSR count). The molecular formula is C31H40N4O5. The third-order valence-corrected chi connectivity index (χ3v) is 8.38. The Balaban J connectivity index is 1.42. The SMILES string of the molecule is CCCOc1cc(O)c(CC)cc1CCC1(C2CCCC2)CC(O)=C(Cc2nc3nc(C)cc(C)n3n2)C(=O)O1. The number of esters is 1. The molecule has 2 aromatic heterocycles. The van der Waals surface area contributed by atoms with Crippen LogP contribution in [0.4, 0.5) is 0 Å². The number of aliphatic hydroxyl groups excluding tert-OH is 1. The third-order valence-electron chi connectivity index (χ3n) is 8.38. The molecule has 9 heteroatoms. The number of rotatable bonds is 10. The van der Waals surface area contributed by atoms with E-state index in [4.69, 9.17) is 9.47 Å². The number of hydrogen-bond donors (Lipinski definition) is 2. The van der Waals surface area contributed by atoms with Gasteiger partial charge < -0.3 is 19.7 Å². The lowest BCUT2D eigenvalue weighted by molar-refractivity contribution is -0.167. The zero-order valence-electron chi connectivity index (χ0n) is 24.0. The van der Waals surface area contributed by atoms with Crippen molar-refractivity contribution in [2.45, 2.75) is 97.5 Å². The van der Waals surface area contributed by atoms with Gasteiger partial charge in [-0.2, -0.15) is 4.98 Å². The zero-order chi connectivity index (χ0) is 28.4. The van der Waals surface area contributed by atoms with E-state index >= 15 is 0 Å². The summed E-state index contributed by atoms with van der Waals surface area (Å²) in [6.45, 7) is 8.44. The molecule has 1 unspecified atom stereocenters. The number of nitrogens with zero attached hydrogens (tertiary/aromatic N) is 4. The third kappa shape index (κ3) is 5.51. The minimum absolute atomic E-state index is 0.0604. The lowest BCUT2D eigenvalue weighted by Gasteiger charge is -2.42. The molecule has 2 N–H and O–H groups in total. The van der Waals surface area contributed by atoms with Crippen molar-refractivity contribution in [1.82, 2.24) is 19.6 Å². The molecule has 40 heavy (non-hydrogen) atoms. The number of benzene rings is 1. The number of aromatic hydroxyl groups is 1. The highest BCUT2D eigenvalue weighted by molar-refractivity contribution is 5.90. The number of fused-ring (bicyclic) bond motifs is 1. The van der Waals surface area contributed by atoms with Crippen LogP contribution in [0.1, 0.15) is 87.1 Å². The van der Waals surface area contributed by atoms with Crippen LogP contribution in [0.3, 0.4) is 0 Å². The Morgan fingerprint density at radius 2 is 1.88 bits per heavy atom. The van der Waals surface area contributed by atoms with Gasteiger partial charge in [0.25, 0.3) is 5.78 Å². The molecule has 1 saturated carbocycles. The maximum absolute atomic E-state index is 13.5. The lowest BCUT2D eigenvalue weighted by atomic mass is 9.76. The van der Waals surface area contributed by atoms with E-state index in [0.717, 1.165) is 54.6 Å². The topological polar surface area (TPSA) is 119 Å². The molecule has 3 heterocycles. The molecule has 0 amide bonds. The van der Waals surface area contributed by atoms with Gasteiger partial charge in [0, 0.05) is 30.3 Å². The minimum atomic E-state index is -0.797. The van der Waals surface area contributed by atoms with Crippen LogP contribution >= 0.6 is 0 Å². The Morgan fingerprint density at radius 3 is 2.58 bits per heavy atom. The van der Waals surface area contributed by atoms with Crippen LogP contribution in [0.25, 0.3) is 5.78 Å². The summed E-state index contributed by atoms with van der Waals surface area (Å²) in [6.07, 6.45) is 7.18. The van der Waals surface area contributed by atoms with Crippen molar-refractivity contribution in [3.63, 3.8) is 0 Å². The summed E-state index contributed by atoms with van der Waals surface area (Å²) in [5, 5.41) is 26.3. The number of phenolic OH excluding ortho intramolecular Hbond substituents is 1. The van der Waals surface area contributed by atoms with Crippen molar-refractivity contribution in [3.05, 3.63) is 57.9 Å². The van der Waals surface area contributed by atoms with E-state index in [0.29, 0.717) is 43.2 Å². The Bertz CT molecular complexity index is 1440. The van der Waals surface area contributed by atoms with Gasteiger partial charge in [0.1, 0.15) is 22.9 Å². The predicted octanol–water partition coefficient (Wildman–Crippen LogP) is 5.66. The molecule has 1 aliphatic carbocycles. The second-order valence-corrected chi connectivity index (χ2v) is 11.3. The molecule has 1 aliphatic heterocycles. The first-order valence-corrected chi connectivity index (χ1v) is 14.5. The summed E-state index contributed by atoms with van der Waals surface area (Å²) in [6, 6.07) is 5.62. The normalized spacial score (nSPS) is 19.9. The quantitative estimate of drug-likeness (QED) is 0.312. The van der Waals surface area contributed by atoms with E-state index in [-0.39, 0.29) is 35.8 Å². The van der Waals surface area contributed by atoms with E-state index in [1.807, 2.05) is 39.8 Å². The average molecular weight is 549 g/mol. The largest absolute Gasteiger partial charge is 0.512 e. The number of carbonyl (C=O) groups is 1. The van der Waals surface area contributed by atoms with Gasteiger partial charge >= 0.3 is 5.97 Å². The monoisotopic (exact) mass is 548 g/mol. The number of aryl methyl sites for hydroxylation is 4. The minimum Gasteiger partial charge on any atom is -0.512 e. The number of cyclic esters (lactones) is 1. The predicted molar refractivity (Wildman–Crippen MR) is 151 cm³/mol. The van der Waals surface area contributed by atoms with Gasteiger partial charge in [0.15, 0.2) is 5.82 Å². The maximum Gasteiger partial charge on any atom is 0.338 e. The zero-order valence-corrected chi connectivity index (χ0v) is 24.0. The van der Waals surface area contributed by atoms with Crippen LogP contribution < -0.4 is 4.74 Å². The first-order chi connectivity index (χ1) is 19.2. The fraction of sp³-hybridized carbons (Fsp3) is 0.548. The molecule has 0 spiro atoms. The Morgan fingerprint density at radius 1 is 1.10 bits per heavy atom. The fourth-order valence-electron chi connectivity index (χ4n) is 6.26. The second kappa shape index (κ2) is 11.5. The van der Waals surface area contributed by atoms with E-state index in [2.05, 4.69) is 15.1 Å². The van der Waals surface area contributed by atoms with Gasteiger partial charge in [0.2, 0.25) is 0 Å². The highest BCUT2D eigenvalue weighted by Crippen LogP contribution is 2.46. The lowest BCUT2D eigenvalue weighted by Crippen LogP contribution is -2.46. The summed E-state index contributed by atoms with van der Waals surface area (Å²) in [5.41, 5.74) is 3.00. The molecular weight excluding hydrogens is 508 g/mol. The van der Waals surface area contributed by atoms with Crippen molar-refractivity contribution in [2.75, 3.05) is 6.61 Å². The molecule has 0 saturated heterocycles. The van der Waals surface area contributed by atoms with Crippen LogP contribution in [0.15, 0.2) is 29.5 Å². The average Bonchev–Trinajstić information content (AvgIpc) is 3.60. The smallest absolute Gasteiger partial charge is 0.338 e. The fourth-order valence-corrected chi connectivity index (χ4v) is 6.26. The van der Waals surface area contributed by atoms with E-state index in [9.17, 15) is 15.0 Å². The van der Waals surface area contributed by atoms with Gasteiger partial charge in [-0.3, -0.25) is 0 Å². The van der Waals surface area contributed by atoms with Gasteiger partial charge in [0.05, 0.1) is 12.2 Å².